The number of nitrogens with zero attached hydrogens (tertiary/aromatic N) is 8. The largest absolute Gasteiger partial charge is 0.364 e. The Bertz CT molecular complexity index is 4490. The van der Waals surface area contributed by atoms with Crippen LogP contribution < -0.4 is 19.6 Å². The third kappa shape index (κ3) is 13.0. The quantitative estimate of drug-likeness (QED) is 0.0297. The minimum Gasteiger partial charge on any atom is -0.364 e. The number of benzene rings is 8. The maximum absolute atomic E-state index is 2.75. The summed E-state index contributed by atoms with van der Waals surface area (Å²) in [5.41, 5.74) is 5.28. The van der Waals surface area contributed by atoms with E-state index in [0.717, 1.165) is 32.7 Å². The molecule has 1 unspecified atom stereocenters. The van der Waals surface area contributed by atoms with E-state index in [9.17, 15) is 0 Å². The van der Waals surface area contributed by atoms with Gasteiger partial charge in [0, 0.05) is 104 Å². The summed E-state index contributed by atoms with van der Waals surface area (Å²) >= 11 is 0. The van der Waals surface area contributed by atoms with Crippen molar-refractivity contribution in [1.82, 2.24) is 18.3 Å². The van der Waals surface area contributed by atoms with Gasteiger partial charge in [-0.3, -0.25) is 0 Å². The number of hydrogen-bond acceptors (Lipinski definition) is 4. The van der Waals surface area contributed by atoms with Gasteiger partial charge in [0.25, 0.3) is 0 Å². The minimum absolute atomic E-state index is 0.569. The number of unbranched alkanes of at least 4 members (excludes halogenated alkanes) is 18. The zero-order valence-corrected chi connectivity index (χ0v) is 58.5. The number of anilines is 4. The van der Waals surface area contributed by atoms with E-state index < -0.39 is 0 Å². The van der Waals surface area contributed by atoms with Crippen LogP contribution in [0.5, 0.6) is 0 Å². The van der Waals surface area contributed by atoms with E-state index in [1.165, 1.54) is 279 Å². The summed E-state index contributed by atoms with van der Waals surface area (Å²) in [6.07, 6.45) is 30.1. The molecule has 0 aliphatic rings. The van der Waals surface area contributed by atoms with Gasteiger partial charge in [0.1, 0.15) is 23.3 Å². The minimum atomic E-state index is 0.569. The molecule has 92 heavy (non-hydrogen) atoms. The van der Waals surface area contributed by atoms with E-state index in [-0.39, 0.29) is 0 Å². The lowest BCUT2D eigenvalue weighted by molar-refractivity contribution is 0.432. The first kappa shape index (κ1) is 64.8. The van der Waals surface area contributed by atoms with Crippen molar-refractivity contribution in [2.45, 2.75) is 182 Å². The van der Waals surface area contributed by atoms with Crippen molar-refractivity contribution in [2.24, 2.45) is 27.1 Å². The molecule has 0 fully saturated rings. The highest BCUT2D eigenvalue weighted by atomic mass is 15.2. The predicted octanol–water partition coefficient (Wildman–Crippen LogP) is 23.1. The smallest absolute Gasteiger partial charge is 0.109 e. The molecule has 0 aliphatic heterocycles. The van der Waals surface area contributed by atoms with E-state index in [0.29, 0.717) is 5.92 Å². The lowest BCUT2D eigenvalue weighted by Crippen LogP contribution is -2.27. The fourth-order valence-electron chi connectivity index (χ4n) is 16.3. The lowest BCUT2D eigenvalue weighted by Gasteiger charge is -2.25. The average Bonchev–Trinajstić information content (AvgIpc) is 1.41. The Morgan fingerprint density at radius 2 is 0.533 bits per heavy atom. The SMILES string of the molecule is CCCCCCCCN(CCCCCCCC)c1cc2c3ccc4c(ccc5c4ccc4c5cc(N(CCCCCCCC)CCCCCCC(C)Cn5c(N(C)C)cc6c7ccc8c(ccc9c8ccc8c9cc(N(C)C)n8C)c7ccc65)n4C)c3ccc2n1C. The predicted molar refractivity (Wildman–Crippen MR) is 408 cm³/mol. The van der Waals surface area contributed by atoms with E-state index in [4.69, 9.17) is 0 Å². The molecule has 0 saturated carbocycles. The summed E-state index contributed by atoms with van der Waals surface area (Å²) in [5.74, 6) is 5.83. The maximum atomic E-state index is 2.75. The molecule has 1 atom stereocenters. The Hall–Kier alpha value is -7.32. The molecular weight excluding hydrogens is 1120 g/mol. The molecule has 0 bridgehead atoms. The summed E-state index contributed by atoms with van der Waals surface area (Å²) in [5, 5.41) is 21.5. The fourth-order valence-corrected chi connectivity index (χ4v) is 16.3. The van der Waals surface area contributed by atoms with Crippen LogP contribution in [-0.2, 0) is 27.7 Å². The maximum Gasteiger partial charge on any atom is 0.109 e. The highest BCUT2D eigenvalue weighted by Gasteiger charge is 2.22. The highest BCUT2D eigenvalue weighted by molar-refractivity contribution is 6.27. The first-order valence-electron chi connectivity index (χ1n) is 36.5. The second-order valence-corrected chi connectivity index (χ2v) is 28.5. The number of fused-ring (bicyclic) bond motifs is 18. The van der Waals surface area contributed by atoms with Crippen LogP contribution in [0.2, 0.25) is 0 Å². The molecule has 0 amide bonds. The molecule has 8 nitrogen and oxygen atoms in total. The highest BCUT2D eigenvalue weighted by Crippen LogP contribution is 2.43. The topological polar surface area (TPSA) is 32.7 Å². The molecule has 0 N–H and O–H groups in total. The van der Waals surface area contributed by atoms with Gasteiger partial charge in [0.2, 0.25) is 0 Å². The second-order valence-electron chi connectivity index (χ2n) is 28.5. The second kappa shape index (κ2) is 29.3. The van der Waals surface area contributed by atoms with E-state index in [1.54, 1.807) is 0 Å². The van der Waals surface area contributed by atoms with Gasteiger partial charge in [0.05, 0.1) is 22.1 Å². The third-order valence-electron chi connectivity index (χ3n) is 21.5. The molecule has 0 spiro atoms. The molecular formula is C84H110N8. The van der Waals surface area contributed by atoms with Crippen LogP contribution in [0, 0.1) is 5.92 Å². The van der Waals surface area contributed by atoms with Crippen molar-refractivity contribution in [3.63, 3.8) is 0 Å². The Labute approximate surface area is 551 Å². The van der Waals surface area contributed by atoms with Gasteiger partial charge in [-0.25, -0.2) is 0 Å². The average molecular weight is 1230 g/mol. The van der Waals surface area contributed by atoms with Crippen LogP contribution in [0.4, 0.5) is 23.3 Å². The summed E-state index contributed by atoms with van der Waals surface area (Å²) in [6.45, 7) is 15.0. The molecule has 0 aliphatic carbocycles. The Balaban J connectivity index is 0.732. The first-order chi connectivity index (χ1) is 44.9. The van der Waals surface area contributed by atoms with Crippen molar-refractivity contribution >= 4 is 132 Å². The summed E-state index contributed by atoms with van der Waals surface area (Å²) < 4.78 is 9.91. The van der Waals surface area contributed by atoms with Gasteiger partial charge in [-0.2, -0.15) is 0 Å². The van der Waals surface area contributed by atoms with Gasteiger partial charge in [-0.1, -0.05) is 216 Å². The number of aromatic nitrogens is 4. The molecule has 486 valence electrons. The Morgan fingerprint density at radius 3 is 0.870 bits per heavy atom. The number of rotatable bonds is 34. The van der Waals surface area contributed by atoms with Crippen molar-refractivity contribution < 1.29 is 0 Å². The van der Waals surface area contributed by atoms with Crippen LogP contribution in [0.3, 0.4) is 0 Å². The van der Waals surface area contributed by atoms with E-state index in [2.05, 4.69) is 236 Å². The van der Waals surface area contributed by atoms with Gasteiger partial charge in [-0.15, -0.1) is 0 Å². The van der Waals surface area contributed by atoms with Crippen LogP contribution in [0.25, 0.3) is 108 Å². The van der Waals surface area contributed by atoms with Gasteiger partial charge in [0.15, 0.2) is 0 Å². The zero-order valence-electron chi connectivity index (χ0n) is 58.5. The molecule has 8 aromatic carbocycles. The molecule has 4 heterocycles. The normalized spacial score (nSPS) is 12.6. The molecule has 4 aromatic heterocycles. The zero-order chi connectivity index (χ0) is 64.0. The summed E-state index contributed by atoms with van der Waals surface area (Å²) in [4.78, 5) is 10.0. The van der Waals surface area contributed by atoms with Crippen LogP contribution in [-0.4, -0.2) is 72.6 Å². The van der Waals surface area contributed by atoms with Crippen molar-refractivity contribution in [1.29, 1.82) is 0 Å². The summed E-state index contributed by atoms with van der Waals surface area (Å²) in [6, 6.07) is 48.2. The van der Waals surface area contributed by atoms with Gasteiger partial charge in [-0.05, 0) is 151 Å². The van der Waals surface area contributed by atoms with E-state index >= 15 is 0 Å². The van der Waals surface area contributed by atoms with Crippen molar-refractivity contribution in [2.75, 3.05) is 74.0 Å². The van der Waals surface area contributed by atoms with Crippen LogP contribution in [0.1, 0.15) is 175 Å². The molecule has 12 aromatic rings. The van der Waals surface area contributed by atoms with Crippen molar-refractivity contribution in [3.05, 3.63) is 121 Å². The number of aryl methyl sites for hydroxylation is 3. The van der Waals surface area contributed by atoms with E-state index in [1.807, 2.05) is 0 Å². The summed E-state index contributed by atoms with van der Waals surface area (Å²) in [7, 11) is 15.5. The lowest BCUT2D eigenvalue weighted by atomic mass is 9.94. The molecule has 0 radical (unpaired) electrons. The van der Waals surface area contributed by atoms with Gasteiger partial charge >= 0.3 is 0 Å². The van der Waals surface area contributed by atoms with Gasteiger partial charge < -0.3 is 37.9 Å². The number of hydrogen-bond donors (Lipinski definition) is 0. The van der Waals surface area contributed by atoms with Crippen LogP contribution >= 0.6 is 0 Å². The van der Waals surface area contributed by atoms with Crippen molar-refractivity contribution in [3.8, 4) is 0 Å². The molecule has 12 rings (SSSR count). The fraction of sp³-hybridized carbons (Fsp3) is 0.476. The third-order valence-corrected chi connectivity index (χ3v) is 21.5. The monoisotopic (exact) mass is 1230 g/mol. The first-order valence-corrected chi connectivity index (χ1v) is 36.5. The Morgan fingerprint density at radius 1 is 0.283 bits per heavy atom. The van der Waals surface area contributed by atoms with Crippen LogP contribution in [0.15, 0.2) is 121 Å². The standard InChI is InChI=1S/C84H110N8/c1-12-15-18-21-25-30-51-90(52-31-26-22-19-16-13-2)83-57-74-70-40-36-62-61(66(70)44-48-78(74)88(83)10)37-41-71-67(62)45-49-79-75(71)58-84(89(79)11)91(53-32-27-23-20-17-14-3)54-33-28-24-29-34-60(4)59-92-80-50-46-68-64-35-39-69-65(43-47-77-73(69)55-81(85(5)6)87(77)9)63(64)38-42-72(68)76(80)56-82(92)86(7)8/h35-50,55-58,60H,12-34,51-54,59H2,1-11H3. The molecule has 0 saturated heterocycles. The molecule has 8 heteroatoms. The Kier molecular flexibility index (Phi) is 20.6.